The number of rotatable bonds is 4. The minimum atomic E-state index is 0.552. The van der Waals surface area contributed by atoms with Crippen molar-refractivity contribution in [3.05, 3.63) is 65.9 Å². The highest BCUT2D eigenvalue weighted by Gasteiger charge is 2.11. The number of fused-ring (bicyclic) bond motifs is 1. The Bertz CT molecular complexity index is 1010. The number of nitrogens with zero attached hydrogens (tertiary/aromatic N) is 4. The lowest BCUT2D eigenvalue weighted by molar-refractivity contribution is 0.340. The predicted octanol–water partition coefficient (Wildman–Crippen LogP) is 4.51. The van der Waals surface area contributed by atoms with Crippen molar-refractivity contribution >= 4 is 17.4 Å². The molecule has 2 aromatic heterocycles. The molecule has 0 saturated carbocycles. The number of ether oxygens (including phenoxy) is 1. The third-order valence-corrected chi connectivity index (χ3v) is 4.10. The van der Waals surface area contributed by atoms with Gasteiger partial charge in [-0.15, -0.1) is 0 Å². The molecule has 0 aliphatic heterocycles. The number of benzene rings is 2. The molecule has 0 fully saturated rings. The molecule has 0 unspecified atom stereocenters. The zero-order valence-corrected chi connectivity index (χ0v) is 14.3. The first kappa shape index (κ1) is 15.6. The van der Waals surface area contributed by atoms with E-state index in [1.165, 1.54) is 6.33 Å². The van der Waals surface area contributed by atoms with Gasteiger partial charge in [-0.3, -0.25) is 0 Å². The summed E-state index contributed by atoms with van der Waals surface area (Å²) in [6, 6.07) is 17.5. The van der Waals surface area contributed by atoms with Crippen molar-refractivity contribution in [2.45, 2.75) is 6.92 Å². The van der Waals surface area contributed by atoms with E-state index in [2.05, 4.69) is 15.1 Å². The van der Waals surface area contributed by atoms with Crippen LogP contribution in [0.2, 0.25) is 5.02 Å². The number of aromatic nitrogens is 4. The van der Waals surface area contributed by atoms with Gasteiger partial charge in [-0.25, -0.2) is 4.98 Å². The molecule has 0 atom stereocenters. The summed E-state index contributed by atoms with van der Waals surface area (Å²) in [5, 5.41) is 4.99. The molecule has 0 N–H and O–H groups in total. The van der Waals surface area contributed by atoms with Gasteiger partial charge in [0.25, 0.3) is 5.78 Å². The lowest BCUT2D eigenvalue weighted by Gasteiger charge is -2.09. The summed E-state index contributed by atoms with van der Waals surface area (Å²) in [7, 11) is 0. The van der Waals surface area contributed by atoms with Gasteiger partial charge in [-0.1, -0.05) is 23.7 Å². The summed E-state index contributed by atoms with van der Waals surface area (Å²) in [5.41, 5.74) is 3.72. The van der Waals surface area contributed by atoms with Gasteiger partial charge in [-0.2, -0.15) is 14.6 Å². The van der Waals surface area contributed by atoms with E-state index >= 15 is 0 Å². The fourth-order valence-corrected chi connectivity index (χ4v) is 2.80. The molecule has 0 radical (unpaired) electrons. The fraction of sp³-hybridized carbons (Fsp3) is 0.105. The average molecular weight is 351 g/mol. The second-order valence-corrected chi connectivity index (χ2v) is 5.90. The highest BCUT2D eigenvalue weighted by Crippen LogP contribution is 2.27. The summed E-state index contributed by atoms with van der Waals surface area (Å²) in [5.74, 6) is 1.39. The van der Waals surface area contributed by atoms with E-state index in [9.17, 15) is 0 Å². The van der Waals surface area contributed by atoms with Crippen LogP contribution in [0.3, 0.4) is 0 Å². The molecule has 0 amide bonds. The molecule has 0 bridgehead atoms. The van der Waals surface area contributed by atoms with Gasteiger partial charge in [-0.05, 0) is 49.4 Å². The molecule has 5 nitrogen and oxygen atoms in total. The molecule has 0 aliphatic rings. The van der Waals surface area contributed by atoms with Crippen LogP contribution in [-0.2, 0) is 0 Å². The Morgan fingerprint density at radius 1 is 1.00 bits per heavy atom. The molecule has 0 saturated heterocycles. The van der Waals surface area contributed by atoms with Crippen LogP contribution in [0.5, 0.6) is 5.75 Å². The van der Waals surface area contributed by atoms with Crippen LogP contribution in [0.4, 0.5) is 0 Å². The number of hydrogen-bond acceptors (Lipinski definition) is 4. The van der Waals surface area contributed by atoms with Crippen LogP contribution in [0.25, 0.3) is 28.3 Å². The van der Waals surface area contributed by atoms with Gasteiger partial charge < -0.3 is 4.74 Å². The van der Waals surface area contributed by atoms with Gasteiger partial charge in [0.1, 0.15) is 12.1 Å². The fourth-order valence-electron chi connectivity index (χ4n) is 2.67. The molecule has 4 rings (SSSR count). The van der Waals surface area contributed by atoms with Gasteiger partial charge >= 0.3 is 0 Å². The largest absolute Gasteiger partial charge is 0.494 e. The van der Waals surface area contributed by atoms with E-state index in [-0.39, 0.29) is 0 Å². The van der Waals surface area contributed by atoms with Crippen molar-refractivity contribution in [2.24, 2.45) is 0 Å². The quantitative estimate of drug-likeness (QED) is 0.543. The van der Waals surface area contributed by atoms with Crippen LogP contribution in [0.1, 0.15) is 6.92 Å². The molecule has 25 heavy (non-hydrogen) atoms. The second-order valence-electron chi connectivity index (χ2n) is 5.46. The highest BCUT2D eigenvalue weighted by atomic mass is 35.5. The third kappa shape index (κ3) is 3.06. The topological polar surface area (TPSA) is 52.3 Å². The van der Waals surface area contributed by atoms with E-state index in [1.807, 2.05) is 61.5 Å². The van der Waals surface area contributed by atoms with E-state index in [1.54, 1.807) is 4.52 Å². The maximum Gasteiger partial charge on any atom is 0.253 e. The molecule has 6 heteroatoms. The minimum absolute atomic E-state index is 0.552. The van der Waals surface area contributed by atoms with Crippen molar-refractivity contribution in [3.63, 3.8) is 0 Å². The van der Waals surface area contributed by atoms with Gasteiger partial charge in [0.2, 0.25) is 0 Å². The Labute approximate surface area is 149 Å². The lowest BCUT2D eigenvalue weighted by atomic mass is 10.1. The van der Waals surface area contributed by atoms with Gasteiger partial charge in [0.15, 0.2) is 0 Å². The zero-order valence-electron chi connectivity index (χ0n) is 13.6. The van der Waals surface area contributed by atoms with Crippen molar-refractivity contribution in [2.75, 3.05) is 6.61 Å². The molecule has 0 spiro atoms. The summed E-state index contributed by atoms with van der Waals surface area (Å²) in [6.07, 6.45) is 1.51. The van der Waals surface area contributed by atoms with Crippen LogP contribution in [0, 0.1) is 0 Å². The Morgan fingerprint density at radius 3 is 2.44 bits per heavy atom. The van der Waals surface area contributed by atoms with Crippen LogP contribution in [0.15, 0.2) is 60.9 Å². The smallest absolute Gasteiger partial charge is 0.253 e. The summed E-state index contributed by atoms with van der Waals surface area (Å²) in [4.78, 5) is 8.84. The zero-order chi connectivity index (χ0) is 17.2. The number of halogens is 1. The van der Waals surface area contributed by atoms with Crippen LogP contribution < -0.4 is 4.74 Å². The van der Waals surface area contributed by atoms with Gasteiger partial charge in [0, 0.05) is 16.1 Å². The monoisotopic (exact) mass is 350 g/mol. The van der Waals surface area contributed by atoms with Crippen LogP contribution in [-0.4, -0.2) is 26.2 Å². The van der Waals surface area contributed by atoms with Crippen molar-refractivity contribution in [1.29, 1.82) is 0 Å². The predicted molar refractivity (Wildman–Crippen MR) is 97.8 cm³/mol. The molecule has 124 valence electrons. The second kappa shape index (κ2) is 6.53. The van der Waals surface area contributed by atoms with Crippen molar-refractivity contribution in [1.82, 2.24) is 19.6 Å². The highest BCUT2D eigenvalue weighted by molar-refractivity contribution is 6.30. The first-order valence-electron chi connectivity index (χ1n) is 7.94. The molecular weight excluding hydrogens is 336 g/mol. The standard InChI is InChI=1S/C19H15ClN4O/c1-2-25-16-9-5-14(6-10-16)18-11-17(13-3-7-15(20)8-4-13)23-19-21-12-22-24(18)19/h3-12H,2H2,1H3. The third-order valence-electron chi connectivity index (χ3n) is 3.85. The van der Waals surface area contributed by atoms with Crippen molar-refractivity contribution < 1.29 is 4.74 Å². The van der Waals surface area contributed by atoms with E-state index < -0.39 is 0 Å². The van der Waals surface area contributed by atoms with E-state index in [0.717, 1.165) is 28.3 Å². The molecule has 0 aliphatic carbocycles. The molecule has 2 heterocycles. The molecule has 4 aromatic rings. The first-order chi connectivity index (χ1) is 12.2. The number of hydrogen-bond donors (Lipinski definition) is 0. The summed E-state index contributed by atoms with van der Waals surface area (Å²) >= 11 is 5.99. The first-order valence-corrected chi connectivity index (χ1v) is 8.32. The van der Waals surface area contributed by atoms with E-state index in [0.29, 0.717) is 17.4 Å². The summed E-state index contributed by atoms with van der Waals surface area (Å²) in [6.45, 7) is 2.61. The maximum atomic E-state index is 5.99. The molecular formula is C19H15ClN4O. The molecule has 2 aromatic carbocycles. The minimum Gasteiger partial charge on any atom is -0.494 e. The normalized spacial score (nSPS) is 11.0. The Balaban J connectivity index is 1.84. The van der Waals surface area contributed by atoms with E-state index in [4.69, 9.17) is 16.3 Å². The maximum absolute atomic E-state index is 5.99. The van der Waals surface area contributed by atoms with Gasteiger partial charge in [0.05, 0.1) is 18.0 Å². The lowest BCUT2D eigenvalue weighted by Crippen LogP contribution is -1.99. The Kier molecular flexibility index (Phi) is 4.07. The van der Waals surface area contributed by atoms with Crippen molar-refractivity contribution in [3.8, 4) is 28.3 Å². The summed E-state index contributed by atoms with van der Waals surface area (Å²) < 4.78 is 7.25. The van der Waals surface area contributed by atoms with Crippen LogP contribution >= 0.6 is 11.6 Å². The average Bonchev–Trinajstić information content (AvgIpc) is 3.11. The Morgan fingerprint density at radius 2 is 1.72 bits per heavy atom. The SMILES string of the molecule is CCOc1ccc(-c2cc(-c3ccc(Cl)cc3)nc3ncnn23)cc1. The Hall–Kier alpha value is -2.92.